The van der Waals surface area contributed by atoms with Crippen molar-refractivity contribution in [2.45, 2.75) is 51.4 Å². The second kappa shape index (κ2) is 6.01. The molecule has 1 aromatic rings. The second-order valence-corrected chi connectivity index (χ2v) is 8.58. The van der Waals surface area contributed by atoms with E-state index in [4.69, 9.17) is 0 Å². The van der Waals surface area contributed by atoms with Crippen molar-refractivity contribution in [3.8, 4) is 0 Å². The SMILES string of the molecule is CN(CC12CC3CC(CC(C3)C1)C2)C(=O)CCc1ccc(=O)[nH]n1. The summed E-state index contributed by atoms with van der Waals surface area (Å²) in [6.45, 7) is 0.925. The molecule has 1 heterocycles. The van der Waals surface area contributed by atoms with E-state index in [9.17, 15) is 9.59 Å². The first-order chi connectivity index (χ1) is 11.5. The van der Waals surface area contributed by atoms with Gasteiger partial charge in [-0.3, -0.25) is 9.59 Å². The lowest BCUT2D eigenvalue weighted by Crippen LogP contribution is -2.51. The van der Waals surface area contributed by atoms with Crippen molar-refractivity contribution in [1.82, 2.24) is 15.1 Å². The van der Waals surface area contributed by atoms with Gasteiger partial charge >= 0.3 is 0 Å². The third-order valence-corrected chi connectivity index (χ3v) is 6.50. The minimum Gasteiger partial charge on any atom is -0.345 e. The van der Waals surface area contributed by atoms with E-state index in [0.717, 1.165) is 30.0 Å². The van der Waals surface area contributed by atoms with Crippen LogP contribution in [0, 0.1) is 23.2 Å². The summed E-state index contributed by atoms with van der Waals surface area (Å²) in [5.41, 5.74) is 0.963. The summed E-state index contributed by atoms with van der Waals surface area (Å²) in [5.74, 6) is 2.96. The first-order valence-corrected chi connectivity index (χ1v) is 9.30. The molecule has 4 aliphatic rings. The van der Waals surface area contributed by atoms with Crippen LogP contribution in [0.4, 0.5) is 0 Å². The molecule has 0 saturated heterocycles. The van der Waals surface area contributed by atoms with Crippen LogP contribution in [-0.2, 0) is 11.2 Å². The normalized spacial score (nSPS) is 33.6. The molecule has 0 spiro atoms. The summed E-state index contributed by atoms with van der Waals surface area (Å²) in [6, 6.07) is 3.16. The summed E-state index contributed by atoms with van der Waals surface area (Å²) in [7, 11) is 1.96. The number of nitrogens with zero attached hydrogens (tertiary/aromatic N) is 2. The first-order valence-electron chi connectivity index (χ1n) is 9.30. The number of hydrogen-bond donors (Lipinski definition) is 1. The summed E-state index contributed by atoms with van der Waals surface area (Å²) >= 11 is 0. The molecule has 5 heteroatoms. The van der Waals surface area contributed by atoms with Gasteiger partial charge in [-0.25, -0.2) is 5.10 Å². The number of hydrogen-bond acceptors (Lipinski definition) is 3. The van der Waals surface area contributed by atoms with Crippen molar-refractivity contribution in [2.75, 3.05) is 13.6 Å². The number of aromatic amines is 1. The smallest absolute Gasteiger partial charge is 0.264 e. The van der Waals surface area contributed by atoms with Crippen molar-refractivity contribution in [2.24, 2.45) is 23.2 Å². The molecule has 4 fully saturated rings. The Balaban J connectivity index is 1.34. The van der Waals surface area contributed by atoms with Gasteiger partial charge in [-0.1, -0.05) is 0 Å². The fourth-order valence-electron chi connectivity index (χ4n) is 6.01. The van der Waals surface area contributed by atoms with Crippen LogP contribution in [0.3, 0.4) is 0 Å². The molecule has 24 heavy (non-hydrogen) atoms. The molecule has 5 nitrogen and oxygen atoms in total. The first kappa shape index (κ1) is 15.9. The Labute approximate surface area is 142 Å². The van der Waals surface area contributed by atoms with E-state index in [0.29, 0.717) is 18.3 Å². The Hall–Kier alpha value is -1.65. The number of H-pyrrole nitrogens is 1. The summed E-state index contributed by atoms with van der Waals surface area (Å²) in [6.07, 6.45) is 9.36. The van der Waals surface area contributed by atoms with Gasteiger partial charge in [-0.15, -0.1) is 0 Å². The van der Waals surface area contributed by atoms with Gasteiger partial charge in [0.15, 0.2) is 0 Å². The molecule has 130 valence electrons. The highest BCUT2D eigenvalue weighted by molar-refractivity contribution is 5.76. The molecule has 1 amide bonds. The summed E-state index contributed by atoms with van der Waals surface area (Å²) in [4.78, 5) is 25.5. The quantitative estimate of drug-likeness (QED) is 0.902. The van der Waals surface area contributed by atoms with Crippen LogP contribution in [0.1, 0.15) is 50.6 Å². The lowest BCUT2D eigenvalue weighted by atomic mass is 9.49. The molecule has 0 aromatic carbocycles. The molecule has 4 saturated carbocycles. The van der Waals surface area contributed by atoms with E-state index in [1.54, 1.807) is 6.07 Å². The Kier molecular flexibility index (Phi) is 3.97. The number of aryl methyl sites for hydroxylation is 1. The maximum absolute atomic E-state index is 12.5. The summed E-state index contributed by atoms with van der Waals surface area (Å²) < 4.78 is 0. The minimum atomic E-state index is -0.205. The van der Waals surface area contributed by atoms with Crippen LogP contribution < -0.4 is 5.56 Å². The molecule has 0 atom stereocenters. The highest BCUT2D eigenvalue weighted by Crippen LogP contribution is 2.60. The average Bonchev–Trinajstić information content (AvgIpc) is 2.52. The number of carbonyl (C=O) groups excluding carboxylic acids is 1. The van der Waals surface area contributed by atoms with Gasteiger partial charge in [0.05, 0.1) is 5.69 Å². The van der Waals surface area contributed by atoms with Crippen molar-refractivity contribution in [1.29, 1.82) is 0 Å². The van der Waals surface area contributed by atoms with E-state index in [-0.39, 0.29) is 11.5 Å². The van der Waals surface area contributed by atoms with Crippen LogP contribution >= 0.6 is 0 Å². The maximum atomic E-state index is 12.5. The van der Waals surface area contributed by atoms with Crippen molar-refractivity contribution in [3.63, 3.8) is 0 Å². The van der Waals surface area contributed by atoms with Gasteiger partial charge in [0.1, 0.15) is 0 Å². The number of amides is 1. The van der Waals surface area contributed by atoms with Crippen LogP contribution in [0.5, 0.6) is 0 Å². The summed E-state index contributed by atoms with van der Waals surface area (Å²) in [5, 5.41) is 6.41. The topological polar surface area (TPSA) is 66.1 Å². The van der Waals surface area contributed by atoms with Gasteiger partial charge in [0, 0.05) is 32.5 Å². The fraction of sp³-hybridized carbons (Fsp3) is 0.737. The zero-order valence-corrected chi connectivity index (χ0v) is 14.5. The molecular weight excluding hydrogens is 302 g/mol. The van der Waals surface area contributed by atoms with Gasteiger partial charge in [0.25, 0.3) is 5.56 Å². The Morgan fingerprint density at radius 2 is 1.83 bits per heavy atom. The highest BCUT2D eigenvalue weighted by Gasteiger charge is 2.51. The van der Waals surface area contributed by atoms with Gasteiger partial charge in [-0.05, 0) is 67.8 Å². The van der Waals surface area contributed by atoms with Gasteiger partial charge in [0.2, 0.25) is 5.91 Å². The van der Waals surface area contributed by atoms with Crippen LogP contribution in [-0.4, -0.2) is 34.6 Å². The van der Waals surface area contributed by atoms with Crippen molar-refractivity contribution < 1.29 is 4.79 Å². The molecule has 1 N–H and O–H groups in total. The number of carbonyl (C=O) groups is 1. The monoisotopic (exact) mass is 329 g/mol. The van der Waals surface area contributed by atoms with Crippen LogP contribution in [0.2, 0.25) is 0 Å². The van der Waals surface area contributed by atoms with Crippen molar-refractivity contribution >= 4 is 5.91 Å². The third kappa shape index (κ3) is 3.13. The predicted octanol–water partition coefficient (Wildman–Crippen LogP) is 2.38. The second-order valence-electron chi connectivity index (χ2n) is 8.58. The Bertz CT molecular complexity index is 626. The molecule has 4 bridgehead atoms. The Morgan fingerprint density at radius 1 is 1.21 bits per heavy atom. The number of aromatic nitrogens is 2. The highest BCUT2D eigenvalue weighted by atomic mass is 16.2. The average molecular weight is 329 g/mol. The number of rotatable bonds is 5. The van der Waals surface area contributed by atoms with E-state index in [2.05, 4.69) is 10.2 Å². The van der Waals surface area contributed by atoms with Gasteiger partial charge in [-0.2, -0.15) is 5.10 Å². The van der Waals surface area contributed by atoms with E-state index in [1.807, 2.05) is 11.9 Å². The molecule has 0 aliphatic heterocycles. The number of nitrogens with one attached hydrogen (secondary N) is 1. The lowest BCUT2D eigenvalue weighted by molar-refractivity contribution is -0.135. The zero-order valence-electron chi connectivity index (χ0n) is 14.5. The molecule has 0 radical (unpaired) electrons. The van der Waals surface area contributed by atoms with Crippen LogP contribution in [0.25, 0.3) is 0 Å². The molecule has 4 aliphatic carbocycles. The predicted molar refractivity (Wildman–Crippen MR) is 91.4 cm³/mol. The van der Waals surface area contributed by atoms with E-state index < -0.39 is 0 Å². The fourth-order valence-corrected chi connectivity index (χ4v) is 6.01. The van der Waals surface area contributed by atoms with Gasteiger partial charge < -0.3 is 4.90 Å². The van der Waals surface area contributed by atoms with E-state index >= 15 is 0 Å². The third-order valence-electron chi connectivity index (χ3n) is 6.50. The van der Waals surface area contributed by atoms with Crippen LogP contribution in [0.15, 0.2) is 16.9 Å². The van der Waals surface area contributed by atoms with E-state index in [1.165, 1.54) is 44.6 Å². The molecular formula is C19H27N3O2. The largest absolute Gasteiger partial charge is 0.345 e. The zero-order chi connectivity index (χ0) is 16.7. The van der Waals surface area contributed by atoms with Crippen molar-refractivity contribution in [3.05, 3.63) is 28.2 Å². The maximum Gasteiger partial charge on any atom is 0.264 e. The Morgan fingerprint density at radius 3 is 2.38 bits per heavy atom. The molecule has 1 aromatic heterocycles. The standard InChI is InChI=1S/C19H27N3O2/c1-22(18(24)5-3-16-2-4-17(23)21-20-16)12-19-9-13-6-14(10-19)8-15(7-13)11-19/h2,4,13-15H,3,5-12H2,1H3,(H,21,23). The lowest BCUT2D eigenvalue weighted by Gasteiger charge is -2.57. The molecule has 5 rings (SSSR count). The molecule has 0 unspecified atom stereocenters. The minimum absolute atomic E-state index is 0.193.